The van der Waals surface area contributed by atoms with Gasteiger partial charge in [0.25, 0.3) is 0 Å². The number of aromatic nitrogens is 4. The molecule has 0 saturated carbocycles. The highest BCUT2D eigenvalue weighted by atomic mass is 16.5. The molecule has 28 heavy (non-hydrogen) atoms. The van der Waals surface area contributed by atoms with E-state index in [2.05, 4.69) is 15.1 Å². The van der Waals surface area contributed by atoms with Crippen LogP contribution in [0.1, 0.15) is 38.1 Å². The van der Waals surface area contributed by atoms with Crippen LogP contribution < -0.4 is 10.4 Å². The third-order valence-electron chi connectivity index (χ3n) is 4.52. The van der Waals surface area contributed by atoms with E-state index < -0.39 is 5.69 Å². The van der Waals surface area contributed by atoms with Crippen LogP contribution in [0, 0.1) is 0 Å². The lowest BCUT2D eigenvalue weighted by atomic mass is 10.1. The second kappa shape index (κ2) is 6.88. The third kappa shape index (κ3) is 2.92. The van der Waals surface area contributed by atoms with Gasteiger partial charge >= 0.3 is 5.69 Å². The molecule has 3 heterocycles. The van der Waals surface area contributed by atoms with Crippen LogP contribution in [0.5, 0.6) is 17.5 Å². The summed E-state index contributed by atoms with van der Waals surface area (Å²) in [5.74, 6) is 1.01. The smallest absolute Gasteiger partial charge is 0.333 e. The first-order valence-electron chi connectivity index (χ1n) is 9.05. The van der Waals surface area contributed by atoms with Crippen LogP contribution in [-0.2, 0) is 6.42 Å². The summed E-state index contributed by atoms with van der Waals surface area (Å²) >= 11 is 0. The van der Waals surface area contributed by atoms with Gasteiger partial charge in [-0.1, -0.05) is 32.0 Å². The normalized spacial score (nSPS) is 11.4. The van der Waals surface area contributed by atoms with Crippen molar-refractivity contribution in [3.8, 4) is 23.2 Å². The van der Waals surface area contributed by atoms with Crippen LogP contribution in [0.25, 0.3) is 16.7 Å². The predicted molar refractivity (Wildman–Crippen MR) is 103 cm³/mol. The number of ether oxygens (including phenoxy) is 1. The van der Waals surface area contributed by atoms with Gasteiger partial charge in [0.1, 0.15) is 5.75 Å². The molecular weight excluding hydrogens is 360 g/mol. The Morgan fingerprint density at radius 1 is 1.29 bits per heavy atom. The molecule has 3 aromatic heterocycles. The summed E-state index contributed by atoms with van der Waals surface area (Å²) < 4.78 is 12.5. The minimum atomic E-state index is -0.416. The lowest BCUT2D eigenvalue weighted by Gasteiger charge is -2.09. The molecule has 2 N–H and O–H groups in total. The average molecular weight is 380 g/mol. The molecule has 0 spiro atoms. The van der Waals surface area contributed by atoms with Crippen molar-refractivity contribution in [1.82, 2.24) is 19.7 Å². The summed E-state index contributed by atoms with van der Waals surface area (Å²) in [5, 5.41) is 15.2. The molecule has 0 aliphatic heterocycles. The van der Waals surface area contributed by atoms with Gasteiger partial charge in [0.2, 0.25) is 11.8 Å². The maximum Gasteiger partial charge on any atom is 0.333 e. The quantitative estimate of drug-likeness (QED) is 0.544. The molecule has 0 atom stereocenters. The first-order chi connectivity index (χ1) is 13.5. The number of H-pyrrole nitrogens is 1. The van der Waals surface area contributed by atoms with Crippen molar-refractivity contribution in [2.24, 2.45) is 0 Å². The molecule has 4 rings (SSSR count). The van der Waals surface area contributed by atoms with Gasteiger partial charge in [-0.2, -0.15) is 0 Å². The number of hydrogen-bond donors (Lipinski definition) is 2. The van der Waals surface area contributed by atoms with Gasteiger partial charge in [-0.25, -0.2) is 14.3 Å². The summed E-state index contributed by atoms with van der Waals surface area (Å²) in [4.78, 5) is 19.0. The van der Waals surface area contributed by atoms with Gasteiger partial charge in [0.15, 0.2) is 5.58 Å². The zero-order valence-corrected chi connectivity index (χ0v) is 15.8. The lowest BCUT2D eigenvalue weighted by molar-refractivity contribution is 0.434. The third-order valence-corrected chi connectivity index (χ3v) is 4.52. The molecule has 0 saturated heterocycles. The summed E-state index contributed by atoms with van der Waals surface area (Å²) in [7, 11) is 0. The van der Waals surface area contributed by atoms with Crippen molar-refractivity contribution >= 4 is 11.0 Å². The topological polar surface area (TPSA) is 106 Å². The van der Waals surface area contributed by atoms with E-state index in [0.29, 0.717) is 35.0 Å². The number of aromatic amines is 1. The van der Waals surface area contributed by atoms with E-state index in [4.69, 9.17) is 9.26 Å². The largest absolute Gasteiger partial charge is 0.493 e. The monoisotopic (exact) mass is 380 g/mol. The van der Waals surface area contributed by atoms with Crippen molar-refractivity contribution in [3.63, 3.8) is 0 Å². The van der Waals surface area contributed by atoms with E-state index in [9.17, 15) is 9.90 Å². The fraction of sp³-hybridized carbons (Fsp3) is 0.250. The number of imidazole rings is 1. The number of aromatic hydroxyl groups is 1. The van der Waals surface area contributed by atoms with Crippen molar-refractivity contribution < 1.29 is 14.4 Å². The number of hydrogen-bond acceptors (Lipinski definition) is 6. The summed E-state index contributed by atoms with van der Waals surface area (Å²) in [5.41, 5.74) is 1.97. The summed E-state index contributed by atoms with van der Waals surface area (Å²) in [6, 6.07) is 8.79. The molecule has 0 unspecified atom stereocenters. The number of benzene rings is 1. The van der Waals surface area contributed by atoms with Gasteiger partial charge in [-0.15, -0.1) is 0 Å². The molecule has 0 aliphatic rings. The van der Waals surface area contributed by atoms with Crippen molar-refractivity contribution in [2.75, 3.05) is 0 Å². The standard InChI is InChI=1S/C20H20N4O4/c1-4-13-19(25)24(20(26)22-13)12-8-9-16(21-10-12)27-14-6-5-7-15-17(14)18(11(2)3)23-28-15/h5-11,25H,4H2,1-3H3,(H,22,26). The number of nitrogens with one attached hydrogen (secondary N) is 1. The Morgan fingerprint density at radius 2 is 2.11 bits per heavy atom. The predicted octanol–water partition coefficient (Wildman–Crippen LogP) is 3.89. The van der Waals surface area contributed by atoms with E-state index in [1.807, 2.05) is 39.0 Å². The van der Waals surface area contributed by atoms with E-state index in [1.165, 1.54) is 10.8 Å². The Hall–Kier alpha value is -3.55. The molecule has 0 aliphatic carbocycles. The van der Waals surface area contributed by atoms with E-state index in [1.54, 1.807) is 12.1 Å². The first kappa shape index (κ1) is 17.8. The van der Waals surface area contributed by atoms with Gasteiger partial charge in [0.05, 0.1) is 28.7 Å². The maximum absolute atomic E-state index is 12.1. The molecular formula is C20H20N4O4. The van der Waals surface area contributed by atoms with Crippen molar-refractivity contribution in [1.29, 1.82) is 0 Å². The molecule has 0 radical (unpaired) electrons. The summed E-state index contributed by atoms with van der Waals surface area (Å²) in [6.07, 6.45) is 1.99. The molecule has 8 heteroatoms. The van der Waals surface area contributed by atoms with Crippen LogP contribution in [0.15, 0.2) is 45.8 Å². The van der Waals surface area contributed by atoms with Crippen LogP contribution in [0.2, 0.25) is 0 Å². The van der Waals surface area contributed by atoms with Crippen LogP contribution in [0.3, 0.4) is 0 Å². The highest BCUT2D eigenvalue weighted by Gasteiger charge is 2.17. The van der Waals surface area contributed by atoms with E-state index in [0.717, 1.165) is 11.1 Å². The van der Waals surface area contributed by atoms with Gasteiger partial charge in [-0.3, -0.25) is 0 Å². The minimum absolute atomic E-state index is 0.112. The second-order valence-electron chi connectivity index (χ2n) is 6.73. The summed E-state index contributed by atoms with van der Waals surface area (Å²) in [6.45, 7) is 5.92. The molecule has 4 aromatic rings. The number of rotatable bonds is 5. The zero-order valence-electron chi connectivity index (χ0n) is 15.8. The van der Waals surface area contributed by atoms with Crippen LogP contribution >= 0.6 is 0 Å². The molecule has 8 nitrogen and oxygen atoms in total. The molecule has 144 valence electrons. The number of fused-ring (bicyclic) bond motifs is 1. The number of aryl methyl sites for hydroxylation is 1. The Labute approximate surface area is 160 Å². The molecule has 0 amide bonds. The average Bonchev–Trinajstić information content (AvgIpc) is 3.24. The molecule has 0 bridgehead atoms. The molecule has 1 aromatic carbocycles. The Bertz CT molecular complexity index is 1190. The first-order valence-corrected chi connectivity index (χ1v) is 9.05. The van der Waals surface area contributed by atoms with Crippen molar-refractivity contribution in [2.45, 2.75) is 33.1 Å². The minimum Gasteiger partial charge on any atom is -0.493 e. The second-order valence-corrected chi connectivity index (χ2v) is 6.73. The fourth-order valence-corrected chi connectivity index (χ4v) is 3.10. The van der Waals surface area contributed by atoms with Gasteiger partial charge < -0.3 is 19.4 Å². The maximum atomic E-state index is 12.1. The van der Waals surface area contributed by atoms with Crippen molar-refractivity contribution in [3.05, 3.63) is 58.4 Å². The van der Waals surface area contributed by atoms with E-state index >= 15 is 0 Å². The number of nitrogens with zero attached hydrogens (tertiary/aromatic N) is 3. The van der Waals surface area contributed by atoms with Crippen LogP contribution in [0.4, 0.5) is 0 Å². The van der Waals surface area contributed by atoms with E-state index in [-0.39, 0.29) is 11.8 Å². The highest BCUT2D eigenvalue weighted by molar-refractivity contribution is 5.86. The Morgan fingerprint density at radius 3 is 2.75 bits per heavy atom. The highest BCUT2D eigenvalue weighted by Crippen LogP contribution is 2.35. The Kier molecular flexibility index (Phi) is 4.38. The number of pyridine rings is 1. The van der Waals surface area contributed by atoms with Gasteiger partial charge in [-0.05, 0) is 30.5 Å². The SMILES string of the molecule is CCc1[nH]c(=O)n(-c2ccc(Oc3cccc4onc(C(C)C)c34)nc2)c1O. The van der Waals surface area contributed by atoms with Gasteiger partial charge in [0, 0.05) is 6.07 Å². The zero-order chi connectivity index (χ0) is 19.8. The Balaban J connectivity index is 1.68. The lowest BCUT2D eigenvalue weighted by Crippen LogP contribution is -2.14. The fourth-order valence-electron chi connectivity index (χ4n) is 3.10. The van der Waals surface area contributed by atoms with Crippen LogP contribution in [-0.4, -0.2) is 24.8 Å². The molecule has 0 fully saturated rings.